The normalized spacial score (nSPS) is 11.1. The number of ether oxygens (including phenoxy) is 1. The van der Waals surface area contributed by atoms with Crippen LogP contribution in [0.4, 0.5) is 5.69 Å². The fourth-order valence-electron chi connectivity index (χ4n) is 0.904. The van der Waals surface area contributed by atoms with Gasteiger partial charge in [-0.3, -0.25) is 4.57 Å². The monoisotopic (exact) mass is 253 g/mol. The molecule has 0 bridgehead atoms. The highest BCUT2D eigenvalue weighted by Gasteiger charge is 2.19. The zero-order valence-corrected chi connectivity index (χ0v) is 9.51. The molecule has 0 atom stereocenters. The Labute approximate surface area is 90.1 Å². The van der Waals surface area contributed by atoms with Crippen molar-refractivity contribution in [2.45, 2.75) is 0 Å². The van der Waals surface area contributed by atoms with Crippen molar-refractivity contribution in [3.63, 3.8) is 0 Å². The molecule has 4 nitrogen and oxygen atoms in total. The van der Waals surface area contributed by atoms with Gasteiger partial charge in [-0.25, -0.2) is 0 Å². The third-order valence-electron chi connectivity index (χ3n) is 1.56. The molecule has 1 aromatic carbocycles. The number of nitroso groups, excluding NO2 is 1. The van der Waals surface area contributed by atoms with Crippen LogP contribution >= 0.6 is 28.3 Å². The predicted molar refractivity (Wildman–Crippen MR) is 57.4 cm³/mol. The molecule has 0 amide bonds. The lowest BCUT2D eigenvalue weighted by molar-refractivity contribution is 0.416. The minimum atomic E-state index is -3.37. The molecule has 0 heterocycles. The summed E-state index contributed by atoms with van der Waals surface area (Å²) in [7, 11) is 1.36. The first-order valence-corrected chi connectivity index (χ1v) is 7.02. The molecule has 0 fully saturated rings. The predicted octanol–water partition coefficient (Wildman–Crippen LogP) is 3.39. The van der Waals surface area contributed by atoms with E-state index in [1.807, 2.05) is 0 Å². The molecule has 14 heavy (non-hydrogen) atoms. The van der Waals surface area contributed by atoms with E-state index in [9.17, 15) is 9.47 Å². The van der Waals surface area contributed by atoms with E-state index < -0.39 is 5.85 Å². The quantitative estimate of drug-likeness (QED) is 0.613. The molecule has 0 aliphatic carbocycles. The third-order valence-corrected chi connectivity index (χ3v) is 3.61. The zero-order valence-electron chi connectivity index (χ0n) is 7.11. The van der Waals surface area contributed by atoms with Crippen molar-refractivity contribution in [3.8, 4) is 5.75 Å². The molecular formula is C7H6Cl2NO3P. The number of halogens is 2. The van der Waals surface area contributed by atoms with Crippen LogP contribution in [0.3, 0.4) is 0 Å². The first-order valence-electron chi connectivity index (χ1n) is 3.50. The first kappa shape index (κ1) is 11.5. The Balaban J connectivity index is 3.28. The van der Waals surface area contributed by atoms with E-state index in [1.165, 1.54) is 25.3 Å². The largest absolute Gasteiger partial charge is 0.494 e. The van der Waals surface area contributed by atoms with Gasteiger partial charge in [-0.05, 0) is 45.9 Å². The lowest BCUT2D eigenvalue weighted by Gasteiger charge is -2.06. The van der Waals surface area contributed by atoms with Crippen LogP contribution in [-0.4, -0.2) is 7.11 Å². The number of methoxy groups -OCH3 is 1. The first-order chi connectivity index (χ1) is 6.49. The van der Waals surface area contributed by atoms with Crippen molar-refractivity contribution in [3.05, 3.63) is 23.1 Å². The lowest BCUT2D eigenvalue weighted by atomic mass is 10.3. The molecular weight excluding hydrogens is 248 g/mol. The summed E-state index contributed by atoms with van der Waals surface area (Å²) in [5.41, 5.74) is 0.109. The van der Waals surface area contributed by atoms with Gasteiger partial charge in [0.2, 0.25) is 0 Å². The van der Waals surface area contributed by atoms with E-state index in [1.54, 1.807) is 0 Å². The Morgan fingerprint density at radius 3 is 2.50 bits per heavy atom. The molecule has 7 heteroatoms. The molecule has 0 aliphatic rings. The van der Waals surface area contributed by atoms with E-state index in [0.717, 1.165) is 0 Å². The van der Waals surface area contributed by atoms with E-state index in [-0.39, 0.29) is 16.7 Å². The van der Waals surface area contributed by atoms with Crippen molar-refractivity contribution in [1.82, 2.24) is 0 Å². The van der Waals surface area contributed by atoms with Gasteiger partial charge in [0.1, 0.15) is 11.4 Å². The van der Waals surface area contributed by atoms with E-state index in [0.29, 0.717) is 0 Å². The van der Waals surface area contributed by atoms with Gasteiger partial charge in [0, 0.05) is 5.30 Å². The third kappa shape index (κ3) is 2.47. The summed E-state index contributed by atoms with van der Waals surface area (Å²) in [6.07, 6.45) is 0. The van der Waals surface area contributed by atoms with Crippen LogP contribution in [0, 0.1) is 4.91 Å². The number of benzene rings is 1. The van der Waals surface area contributed by atoms with Gasteiger partial charge in [0.15, 0.2) is 0 Å². The van der Waals surface area contributed by atoms with Crippen molar-refractivity contribution in [2.24, 2.45) is 5.18 Å². The van der Waals surface area contributed by atoms with Crippen molar-refractivity contribution >= 4 is 39.3 Å². The van der Waals surface area contributed by atoms with Crippen molar-refractivity contribution in [1.29, 1.82) is 0 Å². The topological polar surface area (TPSA) is 55.7 Å². The van der Waals surface area contributed by atoms with Gasteiger partial charge in [0.05, 0.1) is 7.11 Å². The van der Waals surface area contributed by atoms with E-state index in [4.69, 9.17) is 27.2 Å². The summed E-state index contributed by atoms with van der Waals surface area (Å²) >= 11 is 10.9. The smallest absolute Gasteiger partial charge is 0.282 e. The fraction of sp³-hybridized carbons (Fsp3) is 0.143. The Bertz CT molecular complexity index is 404. The van der Waals surface area contributed by atoms with E-state index >= 15 is 0 Å². The Morgan fingerprint density at radius 1 is 1.43 bits per heavy atom. The second-order valence-electron chi connectivity index (χ2n) is 2.41. The number of rotatable bonds is 3. The SMILES string of the molecule is COc1cc(P(=O)(Cl)Cl)ccc1N=O. The highest BCUT2D eigenvalue weighted by Crippen LogP contribution is 2.55. The molecule has 0 saturated carbocycles. The summed E-state index contributed by atoms with van der Waals surface area (Å²) in [4.78, 5) is 10.3. The van der Waals surface area contributed by atoms with Gasteiger partial charge >= 0.3 is 0 Å². The summed E-state index contributed by atoms with van der Waals surface area (Å²) in [5.74, 6) is -3.17. The second kappa shape index (κ2) is 4.30. The maximum atomic E-state index is 11.3. The summed E-state index contributed by atoms with van der Waals surface area (Å²) in [6, 6.07) is 4.05. The van der Waals surface area contributed by atoms with Crippen molar-refractivity contribution < 1.29 is 9.30 Å². The maximum absolute atomic E-state index is 11.3. The molecule has 0 saturated heterocycles. The average Bonchev–Trinajstić information content (AvgIpc) is 2.15. The van der Waals surface area contributed by atoms with Crippen LogP contribution in [0.5, 0.6) is 5.75 Å². The average molecular weight is 254 g/mol. The Morgan fingerprint density at radius 2 is 2.07 bits per heavy atom. The number of hydrogen-bond acceptors (Lipinski definition) is 4. The number of hydrogen-bond donors (Lipinski definition) is 0. The van der Waals surface area contributed by atoms with Crippen molar-refractivity contribution in [2.75, 3.05) is 7.11 Å². The van der Waals surface area contributed by atoms with Gasteiger partial charge < -0.3 is 4.74 Å². The maximum Gasteiger partial charge on any atom is 0.282 e. The van der Waals surface area contributed by atoms with Crippen LogP contribution in [0.15, 0.2) is 23.4 Å². The molecule has 0 radical (unpaired) electrons. The molecule has 76 valence electrons. The van der Waals surface area contributed by atoms with Gasteiger partial charge in [-0.15, -0.1) is 4.91 Å². The van der Waals surface area contributed by atoms with Crippen LogP contribution < -0.4 is 10.0 Å². The van der Waals surface area contributed by atoms with Crippen LogP contribution in [0.2, 0.25) is 0 Å². The van der Waals surface area contributed by atoms with Crippen LogP contribution in [0.1, 0.15) is 0 Å². The molecule has 0 aliphatic heterocycles. The summed E-state index contributed by atoms with van der Waals surface area (Å²) in [5, 5.41) is 2.93. The molecule has 1 aromatic rings. The molecule has 0 aromatic heterocycles. The Hall–Kier alpha value is -0.570. The van der Waals surface area contributed by atoms with E-state index in [2.05, 4.69) is 5.18 Å². The van der Waals surface area contributed by atoms with Gasteiger partial charge in [-0.1, -0.05) is 0 Å². The number of nitrogens with zero attached hydrogens (tertiary/aromatic N) is 1. The minimum absolute atomic E-state index is 0.109. The molecule has 0 N–H and O–H groups in total. The molecule has 0 spiro atoms. The second-order valence-corrected chi connectivity index (χ2v) is 7.23. The minimum Gasteiger partial charge on any atom is -0.494 e. The summed E-state index contributed by atoms with van der Waals surface area (Å²) in [6.45, 7) is 0. The van der Waals surface area contributed by atoms with Gasteiger partial charge in [0.25, 0.3) is 5.85 Å². The van der Waals surface area contributed by atoms with Crippen LogP contribution in [0.25, 0.3) is 0 Å². The fourth-order valence-corrected chi connectivity index (χ4v) is 2.05. The summed E-state index contributed by atoms with van der Waals surface area (Å²) < 4.78 is 16.1. The standard InChI is InChI=1S/C7H6Cl2NO3P/c1-13-7-4-5(14(8,9)12)2-3-6(7)10-11/h2-4H,1H3. The zero-order chi connectivity index (χ0) is 10.8. The lowest BCUT2D eigenvalue weighted by Crippen LogP contribution is -1.98. The van der Waals surface area contributed by atoms with Crippen LogP contribution in [-0.2, 0) is 4.57 Å². The highest BCUT2D eigenvalue weighted by molar-refractivity contribution is 8.13. The molecule has 1 rings (SSSR count). The van der Waals surface area contributed by atoms with Gasteiger partial charge in [-0.2, -0.15) is 0 Å². The highest BCUT2D eigenvalue weighted by atomic mass is 35.9. The molecule has 0 unspecified atom stereocenters. The Kier molecular flexibility index (Phi) is 3.53.